The van der Waals surface area contributed by atoms with Crippen molar-refractivity contribution in [3.63, 3.8) is 0 Å². The summed E-state index contributed by atoms with van der Waals surface area (Å²) >= 11 is 0. The van der Waals surface area contributed by atoms with Gasteiger partial charge in [0.25, 0.3) is 16.1 Å². The van der Waals surface area contributed by atoms with Crippen molar-refractivity contribution in [2.75, 3.05) is 13.1 Å². The lowest BCUT2D eigenvalue weighted by Gasteiger charge is -2.38. The van der Waals surface area contributed by atoms with Crippen molar-refractivity contribution in [3.8, 4) is 0 Å². The molecule has 0 spiro atoms. The molecule has 0 aromatic heterocycles. The fraction of sp³-hybridized carbons (Fsp3) is 0.588. The molecule has 1 fully saturated rings. The topological polar surface area (TPSA) is 119 Å². The van der Waals surface area contributed by atoms with Gasteiger partial charge in [-0.15, -0.1) is 0 Å². The van der Waals surface area contributed by atoms with E-state index in [9.17, 15) is 18.3 Å². The smallest absolute Gasteiger partial charge is 0.280 e. The molecule has 4 N–H and O–H groups in total. The van der Waals surface area contributed by atoms with E-state index in [2.05, 4.69) is 4.72 Å². The molecule has 1 atom stereocenters. The summed E-state index contributed by atoms with van der Waals surface area (Å²) in [6.07, 6.45) is 1.08. The van der Waals surface area contributed by atoms with Gasteiger partial charge in [0.2, 0.25) is 0 Å². The Labute approximate surface area is 154 Å². The number of piperidine rings is 1. The van der Waals surface area contributed by atoms with Gasteiger partial charge in [-0.25, -0.2) is 5.48 Å². The SMILES string of the molecule is CC(C)[C@@H](NS(=O)(=O)N1CCC(O)(Cc2ccccc2)CC1)C(=O)NO. The minimum absolute atomic E-state index is 0.157. The summed E-state index contributed by atoms with van der Waals surface area (Å²) in [6.45, 7) is 3.67. The van der Waals surface area contributed by atoms with Crippen LogP contribution in [0.4, 0.5) is 0 Å². The zero-order chi connectivity index (χ0) is 19.4. The van der Waals surface area contributed by atoms with E-state index in [1.165, 1.54) is 9.79 Å². The summed E-state index contributed by atoms with van der Waals surface area (Å²) in [5.74, 6) is -1.14. The van der Waals surface area contributed by atoms with Crippen LogP contribution >= 0.6 is 0 Å². The van der Waals surface area contributed by atoms with E-state index in [-0.39, 0.29) is 19.0 Å². The number of amides is 1. The van der Waals surface area contributed by atoms with Crippen LogP contribution in [0.3, 0.4) is 0 Å². The van der Waals surface area contributed by atoms with Gasteiger partial charge in [0.1, 0.15) is 6.04 Å². The molecule has 1 amide bonds. The molecule has 0 bridgehead atoms. The van der Waals surface area contributed by atoms with Crippen molar-refractivity contribution in [1.82, 2.24) is 14.5 Å². The van der Waals surface area contributed by atoms with Gasteiger partial charge in [0, 0.05) is 19.5 Å². The molecule has 1 aromatic rings. The zero-order valence-electron chi connectivity index (χ0n) is 15.1. The van der Waals surface area contributed by atoms with Crippen molar-refractivity contribution in [3.05, 3.63) is 35.9 Å². The van der Waals surface area contributed by atoms with Crippen molar-refractivity contribution < 1.29 is 23.5 Å². The predicted molar refractivity (Wildman–Crippen MR) is 96.5 cm³/mol. The number of carbonyl (C=O) groups is 1. The lowest BCUT2D eigenvalue weighted by Crippen LogP contribution is -2.56. The highest BCUT2D eigenvalue weighted by atomic mass is 32.2. The van der Waals surface area contributed by atoms with E-state index in [4.69, 9.17) is 5.21 Å². The molecule has 2 rings (SSSR count). The van der Waals surface area contributed by atoms with Gasteiger partial charge in [-0.05, 0) is 24.3 Å². The third kappa shape index (κ3) is 5.24. The van der Waals surface area contributed by atoms with Crippen molar-refractivity contribution >= 4 is 16.1 Å². The first-order valence-electron chi connectivity index (χ1n) is 8.64. The van der Waals surface area contributed by atoms with Gasteiger partial charge in [-0.1, -0.05) is 44.2 Å². The zero-order valence-corrected chi connectivity index (χ0v) is 15.9. The minimum Gasteiger partial charge on any atom is -0.389 e. The number of hydrogen-bond acceptors (Lipinski definition) is 5. The number of nitrogens with zero attached hydrogens (tertiary/aromatic N) is 1. The van der Waals surface area contributed by atoms with E-state index < -0.39 is 27.8 Å². The maximum Gasteiger partial charge on any atom is 0.280 e. The third-order valence-corrected chi connectivity index (χ3v) is 6.30. The van der Waals surface area contributed by atoms with Gasteiger partial charge in [0.05, 0.1) is 5.60 Å². The van der Waals surface area contributed by atoms with Crippen LogP contribution in [-0.2, 0) is 21.4 Å². The molecule has 8 nitrogen and oxygen atoms in total. The maximum absolute atomic E-state index is 12.6. The Balaban J connectivity index is 2.00. The van der Waals surface area contributed by atoms with Crippen LogP contribution in [0.5, 0.6) is 0 Å². The van der Waals surface area contributed by atoms with E-state index in [1.807, 2.05) is 30.3 Å². The van der Waals surface area contributed by atoms with Crippen molar-refractivity contribution in [2.24, 2.45) is 5.92 Å². The summed E-state index contributed by atoms with van der Waals surface area (Å²) in [5.41, 5.74) is 1.54. The normalized spacial score (nSPS) is 19.3. The molecule has 1 aliphatic heterocycles. The van der Waals surface area contributed by atoms with Crippen LogP contribution in [0, 0.1) is 5.92 Å². The molecule has 1 saturated heterocycles. The summed E-state index contributed by atoms with van der Waals surface area (Å²) in [5, 5.41) is 19.6. The van der Waals surface area contributed by atoms with Gasteiger partial charge in [-0.3, -0.25) is 10.0 Å². The first-order valence-corrected chi connectivity index (χ1v) is 10.1. The Morgan fingerprint density at radius 2 is 1.81 bits per heavy atom. The molecule has 9 heteroatoms. The number of benzene rings is 1. The predicted octanol–water partition coefficient (Wildman–Crippen LogP) is 0.420. The second-order valence-electron chi connectivity index (χ2n) is 7.11. The fourth-order valence-corrected chi connectivity index (χ4v) is 4.60. The van der Waals surface area contributed by atoms with E-state index in [0.717, 1.165) is 5.56 Å². The highest BCUT2D eigenvalue weighted by Gasteiger charge is 2.38. The molecule has 0 unspecified atom stereocenters. The van der Waals surface area contributed by atoms with Gasteiger partial charge >= 0.3 is 0 Å². The average molecular weight is 385 g/mol. The number of rotatable bonds is 7. The number of aliphatic hydroxyl groups is 1. The lowest BCUT2D eigenvalue weighted by atomic mass is 9.86. The van der Waals surface area contributed by atoms with E-state index >= 15 is 0 Å². The summed E-state index contributed by atoms with van der Waals surface area (Å²) in [7, 11) is -3.91. The van der Waals surface area contributed by atoms with Crippen LogP contribution in [0.1, 0.15) is 32.3 Å². The second kappa shape index (κ2) is 8.45. The van der Waals surface area contributed by atoms with Crippen LogP contribution < -0.4 is 10.2 Å². The standard InChI is InChI=1S/C17H27N3O5S/c1-13(2)15(16(21)18-23)19-26(24,25)20-10-8-17(22,9-11-20)12-14-6-4-3-5-7-14/h3-7,13,15,19,22-23H,8-12H2,1-2H3,(H,18,21)/t15-/m1/s1. The average Bonchev–Trinajstić information content (AvgIpc) is 2.59. The largest absolute Gasteiger partial charge is 0.389 e. The molecule has 0 radical (unpaired) electrons. The quantitative estimate of drug-likeness (QED) is 0.401. The van der Waals surface area contributed by atoms with E-state index in [1.54, 1.807) is 13.8 Å². The molecule has 1 heterocycles. The number of hydrogen-bond donors (Lipinski definition) is 4. The number of nitrogens with one attached hydrogen (secondary N) is 2. The Hall–Kier alpha value is -1.52. The van der Waals surface area contributed by atoms with Crippen molar-refractivity contribution in [2.45, 2.75) is 44.8 Å². The van der Waals surface area contributed by atoms with Crippen LogP contribution in [-0.4, -0.2) is 53.7 Å². The second-order valence-corrected chi connectivity index (χ2v) is 8.81. The molecule has 26 heavy (non-hydrogen) atoms. The van der Waals surface area contributed by atoms with Gasteiger partial charge in [0.15, 0.2) is 0 Å². The Kier molecular flexibility index (Phi) is 6.75. The monoisotopic (exact) mass is 385 g/mol. The third-order valence-electron chi connectivity index (χ3n) is 4.70. The van der Waals surface area contributed by atoms with Gasteiger partial charge < -0.3 is 5.11 Å². The molecular formula is C17H27N3O5S. The minimum atomic E-state index is -3.91. The molecule has 1 aromatic carbocycles. The van der Waals surface area contributed by atoms with E-state index in [0.29, 0.717) is 19.3 Å². The first-order chi connectivity index (χ1) is 12.2. The van der Waals surface area contributed by atoms with Crippen LogP contribution in [0.25, 0.3) is 0 Å². The van der Waals surface area contributed by atoms with Crippen molar-refractivity contribution in [1.29, 1.82) is 0 Å². The molecule has 1 aliphatic rings. The Morgan fingerprint density at radius 1 is 1.23 bits per heavy atom. The van der Waals surface area contributed by atoms with Crippen LogP contribution in [0.2, 0.25) is 0 Å². The summed E-state index contributed by atoms with van der Waals surface area (Å²) in [4.78, 5) is 11.7. The maximum atomic E-state index is 12.6. The highest BCUT2D eigenvalue weighted by Crippen LogP contribution is 2.27. The lowest BCUT2D eigenvalue weighted by molar-refractivity contribution is -0.131. The highest BCUT2D eigenvalue weighted by molar-refractivity contribution is 7.87. The van der Waals surface area contributed by atoms with Gasteiger partial charge in [-0.2, -0.15) is 17.4 Å². The Morgan fingerprint density at radius 3 is 2.31 bits per heavy atom. The molecule has 0 saturated carbocycles. The summed E-state index contributed by atoms with van der Waals surface area (Å²) < 4.78 is 28.7. The molecule has 146 valence electrons. The number of carbonyl (C=O) groups excluding carboxylic acids is 1. The summed E-state index contributed by atoms with van der Waals surface area (Å²) in [6, 6.07) is 8.51. The number of hydroxylamine groups is 1. The van der Waals surface area contributed by atoms with Crippen LogP contribution in [0.15, 0.2) is 30.3 Å². The Bertz CT molecular complexity index is 700. The molecule has 0 aliphatic carbocycles. The molecular weight excluding hydrogens is 358 g/mol. The fourth-order valence-electron chi connectivity index (χ4n) is 3.09. The first kappa shape index (κ1) is 20.8.